The van der Waals surface area contributed by atoms with E-state index in [1.807, 2.05) is 18.2 Å². The van der Waals surface area contributed by atoms with E-state index in [0.717, 1.165) is 11.1 Å². The highest BCUT2D eigenvalue weighted by Crippen LogP contribution is 2.30. The van der Waals surface area contributed by atoms with Gasteiger partial charge in [-0.1, -0.05) is 12.1 Å². The molecule has 0 bridgehead atoms. The lowest BCUT2D eigenvalue weighted by Crippen LogP contribution is -2.34. The molecule has 0 aliphatic carbocycles. The Bertz CT molecular complexity index is 868. The number of benzene rings is 2. The molecule has 2 aromatic carbocycles. The Hall–Kier alpha value is -3.42. The minimum absolute atomic E-state index is 0.251. The number of carbonyl (C=O) groups is 2. The smallest absolute Gasteiger partial charge is 0.341 e. The number of rotatable bonds is 6. The van der Waals surface area contributed by atoms with Crippen molar-refractivity contribution in [1.29, 1.82) is 0 Å². The van der Waals surface area contributed by atoms with Crippen molar-refractivity contribution in [3.63, 3.8) is 0 Å². The van der Waals surface area contributed by atoms with E-state index in [0.29, 0.717) is 42.6 Å². The van der Waals surface area contributed by atoms with Crippen LogP contribution in [-0.2, 0) is 17.8 Å². The highest BCUT2D eigenvalue weighted by molar-refractivity contribution is 5.92. The molecule has 0 radical (unpaired) electrons. The van der Waals surface area contributed by atoms with E-state index in [-0.39, 0.29) is 12.6 Å². The lowest BCUT2D eigenvalue weighted by molar-refractivity contribution is 0.0597. The van der Waals surface area contributed by atoms with Crippen molar-refractivity contribution >= 4 is 12.0 Å². The maximum atomic E-state index is 12.1. The molecular weight excluding hydrogens is 364 g/mol. The molecular formula is C20H22N2O6. The minimum Gasteiger partial charge on any atom is -0.496 e. The molecule has 0 saturated heterocycles. The Morgan fingerprint density at radius 3 is 2.25 bits per heavy atom. The van der Waals surface area contributed by atoms with Crippen LogP contribution in [0.15, 0.2) is 36.4 Å². The summed E-state index contributed by atoms with van der Waals surface area (Å²) in [6.07, 6.45) is 0. The zero-order valence-corrected chi connectivity index (χ0v) is 15.7. The number of amides is 2. The van der Waals surface area contributed by atoms with Gasteiger partial charge in [-0.2, -0.15) is 0 Å². The fourth-order valence-corrected chi connectivity index (χ4v) is 2.76. The largest absolute Gasteiger partial charge is 0.496 e. The first-order chi connectivity index (χ1) is 13.6. The van der Waals surface area contributed by atoms with E-state index in [1.54, 1.807) is 18.2 Å². The van der Waals surface area contributed by atoms with Gasteiger partial charge >= 0.3 is 12.0 Å². The minimum atomic E-state index is -0.498. The van der Waals surface area contributed by atoms with Gasteiger partial charge in [-0.25, -0.2) is 9.59 Å². The molecule has 148 valence electrons. The summed E-state index contributed by atoms with van der Waals surface area (Å²) in [6, 6.07) is 10.3. The molecule has 0 spiro atoms. The Morgan fingerprint density at radius 1 is 0.929 bits per heavy atom. The molecule has 28 heavy (non-hydrogen) atoms. The number of urea groups is 1. The summed E-state index contributed by atoms with van der Waals surface area (Å²) in [4.78, 5) is 23.9. The highest BCUT2D eigenvalue weighted by Gasteiger charge is 2.14. The number of esters is 1. The summed E-state index contributed by atoms with van der Waals surface area (Å²) in [5, 5.41) is 5.54. The summed E-state index contributed by atoms with van der Waals surface area (Å²) in [7, 11) is 2.78. The number of nitrogens with one attached hydrogen (secondary N) is 2. The number of ether oxygens (including phenoxy) is 4. The second-order valence-corrected chi connectivity index (χ2v) is 6.04. The van der Waals surface area contributed by atoms with E-state index < -0.39 is 5.97 Å². The quantitative estimate of drug-likeness (QED) is 0.740. The van der Waals surface area contributed by atoms with Crippen LogP contribution in [0.2, 0.25) is 0 Å². The number of hydrogen-bond acceptors (Lipinski definition) is 6. The second kappa shape index (κ2) is 8.98. The van der Waals surface area contributed by atoms with Gasteiger partial charge in [-0.15, -0.1) is 0 Å². The molecule has 0 fully saturated rings. The average molecular weight is 386 g/mol. The fraction of sp³-hybridized carbons (Fsp3) is 0.300. The molecule has 0 unspecified atom stereocenters. The van der Waals surface area contributed by atoms with Gasteiger partial charge in [-0.3, -0.25) is 0 Å². The Morgan fingerprint density at radius 2 is 1.57 bits per heavy atom. The van der Waals surface area contributed by atoms with Crippen LogP contribution >= 0.6 is 0 Å². The molecule has 1 heterocycles. The van der Waals surface area contributed by atoms with Gasteiger partial charge in [0.05, 0.1) is 14.2 Å². The van der Waals surface area contributed by atoms with Gasteiger partial charge < -0.3 is 29.6 Å². The normalized spacial score (nSPS) is 12.1. The lowest BCUT2D eigenvalue weighted by Gasteiger charge is -2.19. The van der Waals surface area contributed by atoms with Crippen LogP contribution in [-0.4, -0.2) is 39.4 Å². The summed E-state index contributed by atoms with van der Waals surface area (Å²) < 4.78 is 20.9. The maximum absolute atomic E-state index is 12.1. The van der Waals surface area contributed by atoms with Crippen molar-refractivity contribution in [2.45, 2.75) is 13.1 Å². The summed E-state index contributed by atoms with van der Waals surface area (Å²) >= 11 is 0. The van der Waals surface area contributed by atoms with Crippen LogP contribution in [0.4, 0.5) is 4.79 Å². The van der Waals surface area contributed by atoms with Crippen LogP contribution in [0.25, 0.3) is 0 Å². The molecule has 2 aromatic rings. The number of carbonyl (C=O) groups excluding carboxylic acids is 2. The molecule has 1 aliphatic heterocycles. The van der Waals surface area contributed by atoms with Gasteiger partial charge in [0, 0.05) is 13.1 Å². The van der Waals surface area contributed by atoms with Gasteiger partial charge in [0.25, 0.3) is 0 Å². The van der Waals surface area contributed by atoms with Crippen molar-refractivity contribution in [2.75, 3.05) is 27.4 Å². The van der Waals surface area contributed by atoms with E-state index in [2.05, 4.69) is 10.6 Å². The van der Waals surface area contributed by atoms with Gasteiger partial charge in [0.2, 0.25) is 0 Å². The lowest BCUT2D eigenvalue weighted by atomic mass is 10.1. The number of methoxy groups -OCH3 is 2. The predicted octanol–water partition coefficient (Wildman–Crippen LogP) is 2.25. The summed E-state index contributed by atoms with van der Waals surface area (Å²) in [5.41, 5.74) is 1.95. The average Bonchev–Trinajstić information content (AvgIpc) is 2.75. The van der Waals surface area contributed by atoms with E-state index in [4.69, 9.17) is 18.9 Å². The van der Waals surface area contributed by atoms with E-state index >= 15 is 0 Å². The number of fused-ring (bicyclic) bond motifs is 1. The highest BCUT2D eigenvalue weighted by atomic mass is 16.6. The van der Waals surface area contributed by atoms with Crippen molar-refractivity contribution in [3.8, 4) is 17.2 Å². The topological polar surface area (TPSA) is 95.1 Å². The third-order valence-electron chi connectivity index (χ3n) is 4.18. The molecule has 8 heteroatoms. The molecule has 1 aliphatic rings. The van der Waals surface area contributed by atoms with E-state index in [1.165, 1.54) is 14.2 Å². The Labute approximate surface area is 162 Å². The fourth-order valence-electron chi connectivity index (χ4n) is 2.76. The molecule has 3 rings (SSSR count). The van der Waals surface area contributed by atoms with Gasteiger partial charge in [0.15, 0.2) is 11.5 Å². The standard InChI is InChI=1S/C20H22N2O6/c1-25-16-5-3-13(9-15(16)19(23)26-2)11-21-20(24)22-12-14-4-6-17-18(10-14)28-8-7-27-17/h3-6,9-10H,7-8,11-12H2,1-2H3,(H2,21,22,24). The van der Waals surface area contributed by atoms with Crippen LogP contribution in [0.3, 0.4) is 0 Å². The monoisotopic (exact) mass is 386 g/mol. The zero-order chi connectivity index (χ0) is 19.9. The van der Waals surface area contributed by atoms with Crippen molar-refractivity contribution in [2.24, 2.45) is 0 Å². The van der Waals surface area contributed by atoms with Crippen molar-refractivity contribution in [3.05, 3.63) is 53.1 Å². The third kappa shape index (κ3) is 4.64. The van der Waals surface area contributed by atoms with Gasteiger partial charge in [0.1, 0.15) is 24.5 Å². The first-order valence-corrected chi connectivity index (χ1v) is 8.76. The maximum Gasteiger partial charge on any atom is 0.341 e. The molecule has 0 saturated carbocycles. The molecule has 8 nitrogen and oxygen atoms in total. The van der Waals surface area contributed by atoms with E-state index in [9.17, 15) is 9.59 Å². The SMILES string of the molecule is COC(=O)c1cc(CNC(=O)NCc2ccc3c(c2)OCCO3)ccc1OC. The van der Waals surface area contributed by atoms with Gasteiger partial charge in [-0.05, 0) is 35.4 Å². The Kier molecular flexibility index (Phi) is 6.21. The molecule has 2 N–H and O–H groups in total. The summed E-state index contributed by atoms with van der Waals surface area (Å²) in [6.45, 7) is 1.65. The van der Waals surface area contributed by atoms with Crippen LogP contribution < -0.4 is 24.8 Å². The van der Waals surface area contributed by atoms with Crippen LogP contribution in [0.1, 0.15) is 21.5 Å². The van der Waals surface area contributed by atoms with Crippen molar-refractivity contribution < 1.29 is 28.5 Å². The predicted molar refractivity (Wildman–Crippen MR) is 101 cm³/mol. The van der Waals surface area contributed by atoms with Crippen molar-refractivity contribution in [1.82, 2.24) is 10.6 Å². The number of hydrogen-bond donors (Lipinski definition) is 2. The molecule has 2 amide bonds. The van der Waals surface area contributed by atoms with Crippen LogP contribution in [0.5, 0.6) is 17.2 Å². The second-order valence-electron chi connectivity index (χ2n) is 6.04. The van der Waals surface area contributed by atoms with Crippen LogP contribution in [0, 0.1) is 0 Å². The molecule has 0 aromatic heterocycles. The Balaban J connectivity index is 1.54. The third-order valence-corrected chi connectivity index (χ3v) is 4.18. The first-order valence-electron chi connectivity index (χ1n) is 8.76. The zero-order valence-electron chi connectivity index (χ0n) is 15.7. The first kappa shape index (κ1) is 19.3. The summed E-state index contributed by atoms with van der Waals surface area (Å²) in [5.74, 6) is 1.31. The molecule has 0 atom stereocenters.